The molecule has 0 aromatic heterocycles. The molecule has 2 aliphatic rings. The van der Waals surface area contributed by atoms with Crippen LogP contribution in [-0.4, -0.2) is 41.7 Å². The number of rotatable bonds is 4. The number of fused-ring (bicyclic) bond motifs is 1. The van der Waals surface area contributed by atoms with Gasteiger partial charge in [-0.2, -0.15) is 0 Å². The number of ether oxygens (including phenoxy) is 1. The van der Waals surface area contributed by atoms with Crippen molar-refractivity contribution in [3.05, 3.63) is 83.4 Å². The molecule has 27 heavy (non-hydrogen) atoms. The van der Waals surface area contributed by atoms with Crippen LogP contribution in [0, 0.1) is 0 Å². The molecule has 6 nitrogen and oxygen atoms in total. The lowest BCUT2D eigenvalue weighted by atomic mass is 9.93. The zero-order valence-corrected chi connectivity index (χ0v) is 14.8. The molecule has 0 bridgehead atoms. The molecule has 1 fully saturated rings. The van der Waals surface area contributed by atoms with Crippen LogP contribution in [0.5, 0.6) is 0 Å². The maximum Gasteiger partial charge on any atom is 0.360 e. The number of carbonyl (C=O) groups is 2. The Balaban J connectivity index is 1.70. The minimum atomic E-state index is -1.53. The molecule has 0 radical (unpaired) electrons. The molecule has 0 N–H and O–H groups in total. The number of esters is 1. The van der Waals surface area contributed by atoms with E-state index >= 15 is 0 Å². The van der Waals surface area contributed by atoms with Gasteiger partial charge in [0.05, 0.1) is 19.2 Å². The third-order valence-electron chi connectivity index (χ3n) is 4.75. The Kier molecular flexibility index (Phi) is 4.24. The SMILES string of the molecule is COC(=O)C12CN(Cc3ccccc3)C(=O)C1=CC(c1ccccc1)=NO2. The fraction of sp³-hybridized carbons (Fsp3) is 0.190. The van der Waals surface area contributed by atoms with E-state index < -0.39 is 11.6 Å². The van der Waals surface area contributed by atoms with Gasteiger partial charge in [-0.1, -0.05) is 65.8 Å². The van der Waals surface area contributed by atoms with Crippen LogP contribution in [0.1, 0.15) is 11.1 Å². The lowest BCUT2D eigenvalue weighted by Crippen LogP contribution is -2.46. The van der Waals surface area contributed by atoms with Gasteiger partial charge in [0.1, 0.15) is 5.71 Å². The van der Waals surface area contributed by atoms with Gasteiger partial charge in [-0.25, -0.2) is 4.79 Å². The second-order valence-corrected chi connectivity index (χ2v) is 6.46. The second-order valence-electron chi connectivity index (χ2n) is 6.46. The van der Waals surface area contributed by atoms with Crippen LogP contribution in [0.4, 0.5) is 0 Å². The van der Waals surface area contributed by atoms with Gasteiger partial charge in [0.25, 0.3) is 11.5 Å². The van der Waals surface area contributed by atoms with Crippen LogP contribution in [0.3, 0.4) is 0 Å². The van der Waals surface area contributed by atoms with Crippen molar-refractivity contribution in [1.29, 1.82) is 0 Å². The first-order valence-corrected chi connectivity index (χ1v) is 8.59. The number of benzene rings is 2. The Hall–Kier alpha value is -3.41. The highest BCUT2D eigenvalue weighted by molar-refractivity contribution is 6.17. The molecule has 1 atom stereocenters. The van der Waals surface area contributed by atoms with Crippen molar-refractivity contribution in [3.63, 3.8) is 0 Å². The summed E-state index contributed by atoms with van der Waals surface area (Å²) in [6.45, 7) is 0.435. The molecule has 2 aromatic rings. The molecular formula is C21H18N2O4. The number of carbonyl (C=O) groups excluding carboxylic acids is 2. The Labute approximate surface area is 156 Å². The lowest BCUT2D eigenvalue weighted by molar-refractivity contribution is -0.164. The summed E-state index contributed by atoms with van der Waals surface area (Å²) >= 11 is 0. The predicted molar refractivity (Wildman–Crippen MR) is 98.8 cm³/mol. The molecule has 0 saturated carbocycles. The largest absolute Gasteiger partial charge is 0.466 e. The topological polar surface area (TPSA) is 68.2 Å². The first kappa shape index (κ1) is 17.0. The Morgan fingerprint density at radius 1 is 1.15 bits per heavy atom. The number of hydrogen-bond donors (Lipinski definition) is 0. The number of amides is 1. The molecule has 2 aliphatic heterocycles. The summed E-state index contributed by atoms with van der Waals surface area (Å²) in [5.41, 5.74) is 0.991. The molecule has 136 valence electrons. The monoisotopic (exact) mass is 362 g/mol. The van der Waals surface area contributed by atoms with Crippen LogP contribution < -0.4 is 0 Å². The van der Waals surface area contributed by atoms with Gasteiger partial charge in [-0.3, -0.25) is 4.79 Å². The first-order chi connectivity index (χ1) is 13.1. The van der Waals surface area contributed by atoms with E-state index in [9.17, 15) is 9.59 Å². The average Bonchev–Trinajstić information content (AvgIpc) is 3.01. The minimum absolute atomic E-state index is 0.0603. The minimum Gasteiger partial charge on any atom is -0.466 e. The fourth-order valence-electron chi connectivity index (χ4n) is 3.37. The van der Waals surface area contributed by atoms with Crippen molar-refractivity contribution in [3.8, 4) is 0 Å². The van der Waals surface area contributed by atoms with E-state index in [1.807, 2.05) is 60.7 Å². The van der Waals surface area contributed by atoms with E-state index in [2.05, 4.69) is 5.16 Å². The summed E-state index contributed by atoms with van der Waals surface area (Å²) in [7, 11) is 1.28. The van der Waals surface area contributed by atoms with Crippen LogP contribution in [-0.2, 0) is 25.7 Å². The van der Waals surface area contributed by atoms with Crippen LogP contribution in [0.15, 0.2) is 77.5 Å². The summed E-state index contributed by atoms with van der Waals surface area (Å²) in [4.78, 5) is 32.8. The van der Waals surface area contributed by atoms with E-state index in [4.69, 9.17) is 9.57 Å². The van der Waals surface area contributed by atoms with Crippen molar-refractivity contribution < 1.29 is 19.2 Å². The maximum absolute atomic E-state index is 13.1. The van der Waals surface area contributed by atoms with Crippen molar-refractivity contribution in [1.82, 2.24) is 4.90 Å². The molecule has 0 spiro atoms. The van der Waals surface area contributed by atoms with E-state index in [-0.39, 0.29) is 18.0 Å². The number of nitrogens with zero attached hydrogens (tertiary/aromatic N) is 2. The molecule has 4 rings (SSSR count). The molecule has 2 aromatic carbocycles. The highest BCUT2D eigenvalue weighted by Gasteiger charge is 2.59. The quantitative estimate of drug-likeness (QED) is 0.783. The number of oxime groups is 1. The van der Waals surface area contributed by atoms with Crippen LogP contribution in [0.25, 0.3) is 0 Å². The number of hydrogen-bond acceptors (Lipinski definition) is 5. The molecular weight excluding hydrogens is 344 g/mol. The molecule has 6 heteroatoms. The highest BCUT2D eigenvalue weighted by Crippen LogP contribution is 2.37. The average molecular weight is 362 g/mol. The zero-order valence-electron chi connectivity index (χ0n) is 14.8. The van der Waals surface area contributed by atoms with Crippen molar-refractivity contribution in [2.45, 2.75) is 12.1 Å². The van der Waals surface area contributed by atoms with Gasteiger partial charge in [0, 0.05) is 12.1 Å². The Morgan fingerprint density at radius 3 is 2.48 bits per heavy atom. The smallest absolute Gasteiger partial charge is 0.360 e. The molecule has 1 amide bonds. The summed E-state index contributed by atoms with van der Waals surface area (Å²) < 4.78 is 4.93. The van der Waals surface area contributed by atoms with Gasteiger partial charge in [-0.05, 0) is 11.6 Å². The van der Waals surface area contributed by atoms with Crippen molar-refractivity contribution >= 4 is 17.6 Å². The van der Waals surface area contributed by atoms with Gasteiger partial charge in [0.15, 0.2) is 0 Å². The number of allylic oxidation sites excluding steroid dienone is 1. The van der Waals surface area contributed by atoms with Crippen molar-refractivity contribution in [2.24, 2.45) is 5.16 Å². The third-order valence-corrected chi connectivity index (χ3v) is 4.75. The summed E-state index contributed by atoms with van der Waals surface area (Å²) in [5.74, 6) is -0.888. The van der Waals surface area contributed by atoms with Crippen LogP contribution in [0.2, 0.25) is 0 Å². The van der Waals surface area contributed by atoms with Crippen molar-refractivity contribution in [2.75, 3.05) is 13.7 Å². The van der Waals surface area contributed by atoms with E-state index in [1.165, 1.54) is 7.11 Å². The predicted octanol–water partition coefficient (Wildman–Crippen LogP) is 2.30. The van der Waals surface area contributed by atoms with Gasteiger partial charge in [-0.15, -0.1) is 0 Å². The Bertz CT molecular complexity index is 937. The molecule has 0 aliphatic carbocycles. The van der Waals surface area contributed by atoms with E-state index in [0.29, 0.717) is 12.3 Å². The molecule has 1 unspecified atom stereocenters. The lowest BCUT2D eigenvalue weighted by Gasteiger charge is -2.27. The van der Waals surface area contributed by atoms with Gasteiger partial charge >= 0.3 is 5.97 Å². The summed E-state index contributed by atoms with van der Waals surface area (Å²) in [6, 6.07) is 19.0. The summed E-state index contributed by atoms with van der Waals surface area (Å²) in [6.07, 6.45) is 1.63. The maximum atomic E-state index is 13.1. The summed E-state index contributed by atoms with van der Waals surface area (Å²) in [5, 5.41) is 4.12. The third kappa shape index (κ3) is 2.89. The molecule has 2 heterocycles. The Morgan fingerprint density at radius 2 is 1.81 bits per heavy atom. The number of likely N-dealkylation sites (tertiary alicyclic amines) is 1. The van der Waals surface area contributed by atoms with E-state index in [0.717, 1.165) is 11.1 Å². The number of methoxy groups -OCH3 is 1. The standard InChI is InChI=1S/C21H18N2O4/c1-26-20(25)21-14-23(13-15-8-4-2-5-9-15)19(24)17(21)12-18(22-27-21)16-10-6-3-7-11-16/h2-12H,13-14H2,1H3. The van der Waals surface area contributed by atoms with E-state index in [1.54, 1.807) is 11.0 Å². The highest BCUT2D eigenvalue weighted by atomic mass is 16.7. The fourth-order valence-corrected chi connectivity index (χ4v) is 3.37. The van der Waals surface area contributed by atoms with Gasteiger partial charge < -0.3 is 14.5 Å². The van der Waals surface area contributed by atoms with Gasteiger partial charge in [0.2, 0.25) is 0 Å². The normalized spacial score (nSPS) is 21.1. The first-order valence-electron chi connectivity index (χ1n) is 8.59. The molecule has 1 saturated heterocycles. The zero-order chi connectivity index (χ0) is 18.9. The van der Waals surface area contributed by atoms with Crippen LogP contribution >= 0.6 is 0 Å². The second kappa shape index (κ2) is 6.72.